The molecule has 114 valence electrons. The molecule has 0 spiro atoms. The zero-order valence-corrected chi connectivity index (χ0v) is 13.8. The molecule has 0 aliphatic carbocycles. The number of carbonyl (C=O) groups is 1. The molecule has 7 heteroatoms. The molecule has 0 fully saturated rings. The summed E-state index contributed by atoms with van der Waals surface area (Å²) >= 11 is 0. The van der Waals surface area contributed by atoms with Crippen molar-refractivity contribution in [1.82, 2.24) is 9.80 Å². The minimum absolute atomic E-state index is 0.474. The van der Waals surface area contributed by atoms with Crippen LogP contribution in [0.1, 0.15) is 0 Å². The van der Waals surface area contributed by atoms with Gasteiger partial charge in [0.15, 0.2) is 0 Å². The number of likely N-dealkylation sites (N-methyl/N-ethyl adjacent to an activating group) is 2. The second-order valence-corrected chi connectivity index (χ2v) is 6.91. The van der Waals surface area contributed by atoms with Crippen LogP contribution in [0, 0.1) is 0 Å². The number of methoxy groups -OCH3 is 1. The summed E-state index contributed by atoms with van der Waals surface area (Å²) in [5.41, 5.74) is 0. The molecule has 0 atom stereocenters. The summed E-state index contributed by atoms with van der Waals surface area (Å²) in [5, 5.41) is 0. The molecule has 0 saturated carbocycles. The van der Waals surface area contributed by atoms with Gasteiger partial charge in [0.1, 0.15) is 6.61 Å². The molecule has 0 unspecified atom stereocenters. The van der Waals surface area contributed by atoms with Gasteiger partial charge in [-0.3, -0.25) is 4.79 Å². The van der Waals surface area contributed by atoms with Gasteiger partial charge in [-0.15, -0.1) is 0 Å². The van der Waals surface area contributed by atoms with Crippen molar-refractivity contribution in [3.8, 4) is 0 Å². The van der Waals surface area contributed by atoms with E-state index in [1.54, 1.807) is 7.11 Å². The van der Waals surface area contributed by atoms with Crippen molar-refractivity contribution < 1.29 is 14.3 Å². The Labute approximate surface area is 124 Å². The Morgan fingerprint density at radius 3 is 1.95 bits per heavy atom. The van der Waals surface area contributed by atoms with Gasteiger partial charge in [0, 0.05) is 44.8 Å². The van der Waals surface area contributed by atoms with Crippen LogP contribution in [0.25, 0.3) is 0 Å². The minimum Gasteiger partial charge on any atom is -0.467 e. The summed E-state index contributed by atoms with van der Waals surface area (Å²) < 4.78 is 9.69. The Balaban J connectivity index is 3.23. The highest BCUT2D eigenvalue weighted by Crippen LogP contribution is 2.20. The fourth-order valence-corrected chi connectivity index (χ4v) is 3.39. The normalized spacial score (nSPS) is 11.2. The van der Waals surface area contributed by atoms with E-state index in [4.69, 9.17) is 4.74 Å². The Hall–Kier alpha value is 0.0500. The first-order valence-electron chi connectivity index (χ1n) is 6.36. The van der Waals surface area contributed by atoms with E-state index in [1.165, 1.54) is 0 Å². The topological polar surface area (TPSA) is 42.0 Å². The summed E-state index contributed by atoms with van der Waals surface area (Å²) in [6.07, 6.45) is 0. The highest BCUT2D eigenvalue weighted by Gasteiger charge is 2.00. The summed E-state index contributed by atoms with van der Waals surface area (Å²) in [6.45, 7) is 5.65. The third-order valence-corrected chi connectivity index (χ3v) is 4.90. The average molecular weight is 310 g/mol. The van der Waals surface area contributed by atoms with Crippen LogP contribution in [0.15, 0.2) is 0 Å². The highest BCUT2D eigenvalue weighted by atomic mass is 33.1. The lowest BCUT2D eigenvalue weighted by molar-refractivity contribution is -0.129. The van der Waals surface area contributed by atoms with Crippen molar-refractivity contribution in [2.45, 2.75) is 0 Å². The van der Waals surface area contributed by atoms with E-state index in [2.05, 4.69) is 21.6 Å². The van der Waals surface area contributed by atoms with Crippen molar-refractivity contribution in [3.05, 3.63) is 0 Å². The van der Waals surface area contributed by atoms with Gasteiger partial charge < -0.3 is 19.3 Å². The van der Waals surface area contributed by atoms with Crippen molar-refractivity contribution in [1.29, 1.82) is 0 Å². The summed E-state index contributed by atoms with van der Waals surface area (Å²) in [7, 11) is 9.69. The average Bonchev–Trinajstić information content (AvgIpc) is 2.40. The van der Waals surface area contributed by atoms with Gasteiger partial charge in [-0.1, -0.05) is 21.6 Å². The molecule has 0 aromatic carbocycles. The number of rotatable bonds is 14. The second-order valence-electron chi connectivity index (χ2n) is 4.21. The zero-order valence-electron chi connectivity index (χ0n) is 12.2. The van der Waals surface area contributed by atoms with Gasteiger partial charge in [0.2, 0.25) is 0 Å². The van der Waals surface area contributed by atoms with Crippen LogP contribution in [0.3, 0.4) is 0 Å². The van der Waals surface area contributed by atoms with Crippen LogP contribution in [0.4, 0.5) is 0 Å². The van der Waals surface area contributed by atoms with E-state index in [1.807, 2.05) is 28.6 Å². The van der Waals surface area contributed by atoms with Gasteiger partial charge in [0.05, 0.1) is 6.61 Å². The van der Waals surface area contributed by atoms with E-state index < -0.39 is 0 Å². The second kappa shape index (κ2) is 14.5. The first-order chi connectivity index (χ1) is 9.20. The molecule has 0 aromatic heterocycles. The molecule has 0 heterocycles. The van der Waals surface area contributed by atoms with Gasteiger partial charge in [-0.2, -0.15) is 0 Å². The first kappa shape index (κ1) is 19.1. The van der Waals surface area contributed by atoms with Gasteiger partial charge in [-0.05, 0) is 14.1 Å². The van der Waals surface area contributed by atoms with E-state index in [9.17, 15) is 4.79 Å². The summed E-state index contributed by atoms with van der Waals surface area (Å²) in [6, 6.07) is 0. The van der Waals surface area contributed by atoms with Crippen LogP contribution in [0.2, 0.25) is 0 Å². The molecule has 0 bridgehead atoms. The maximum absolute atomic E-state index is 9.98. The number of ether oxygens (including phenoxy) is 2. The van der Waals surface area contributed by atoms with E-state index in [0.29, 0.717) is 13.1 Å². The largest absolute Gasteiger partial charge is 0.467 e. The number of nitrogens with zero attached hydrogens (tertiary/aromatic N) is 2. The molecule has 19 heavy (non-hydrogen) atoms. The molecule has 0 aromatic rings. The van der Waals surface area contributed by atoms with E-state index in [0.717, 1.165) is 44.3 Å². The van der Waals surface area contributed by atoms with Crippen LogP contribution in [0.5, 0.6) is 0 Å². The lowest BCUT2D eigenvalue weighted by Gasteiger charge is -2.16. The molecule has 0 N–H and O–H groups in total. The van der Waals surface area contributed by atoms with Gasteiger partial charge >= 0.3 is 0 Å². The lowest BCUT2D eigenvalue weighted by Crippen LogP contribution is -2.25. The van der Waals surface area contributed by atoms with E-state index >= 15 is 0 Å². The van der Waals surface area contributed by atoms with Crippen LogP contribution < -0.4 is 0 Å². The summed E-state index contributed by atoms with van der Waals surface area (Å²) in [4.78, 5) is 14.4. The van der Waals surface area contributed by atoms with Crippen LogP contribution in [-0.2, 0) is 14.3 Å². The maximum Gasteiger partial charge on any atom is 0.293 e. The third-order valence-electron chi connectivity index (χ3n) is 2.53. The molecule has 0 rings (SSSR count). The van der Waals surface area contributed by atoms with Gasteiger partial charge in [-0.25, -0.2) is 0 Å². The quantitative estimate of drug-likeness (QED) is 0.270. The molecule has 0 aliphatic rings. The molecule has 0 saturated heterocycles. The van der Waals surface area contributed by atoms with Crippen molar-refractivity contribution >= 4 is 28.1 Å². The van der Waals surface area contributed by atoms with Crippen LogP contribution in [-0.4, -0.2) is 88.4 Å². The molecule has 0 amide bonds. The zero-order chi connectivity index (χ0) is 14.3. The predicted octanol–water partition coefficient (Wildman–Crippen LogP) is 1.05. The third kappa shape index (κ3) is 14.3. The van der Waals surface area contributed by atoms with Crippen LogP contribution >= 0.6 is 21.6 Å². The molecular weight excluding hydrogens is 284 g/mol. The number of hydrogen-bond acceptors (Lipinski definition) is 7. The summed E-state index contributed by atoms with van der Waals surface area (Å²) in [5.74, 6) is 2.22. The lowest BCUT2D eigenvalue weighted by atomic mass is 10.5. The minimum atomic E-state index is 0.474. The molecule has 5 nitrogen and oxygen atoms in total. The van der Waals surface area contributed by atoms with Crippen molar-refractivity contribution in [3.63, 3.8) is 0 Å². The first-order valence-corrected chi connectivity index (χ1v) is 8.85. The van der Waals surface area contributed by atoms with Crippen molar-refractivity contribution in [2.75, 3.05) is 72.1 Å². The predicted molar refractivity (Wildman–Crippen MR) is 83.8 cm³/mol. The van der Waals surface area contributed by atoms with Crippen molar-refractivity contribution in [2.24, 2.45) is 0 Å². The molecule has 0 radical (unpaired) electrons. The standard InChI is InChI=1S/C12H26N2O3S2/c1-13(4-8-16-3)6-10-18-19-11-7-14(2)5-9-17-12-15/h12H,4-11H2,1-3H3. The highest BCUT2D eigenvalue weighted by molar-refractivity contribution is 8.76. The van der Waals surface area contributed by atoms with Gasteiger partial charge in [0.25, 0.3) is 6.47 Å². The fourth-order valence-electron chi connectivity index (χ4n) is 1.23. The Morgan fingerprint density at radius 1 is 0.947 bits per heavy atom. The monoisotopic (exact) mass is 310 g/mol. The number of hydrogen-bond donors (Lipinski definition) is 0. The maximum atomic E-state index is 9.98. The SMILES string of the molecule is COCCN(C)CCSSCCN(C)CCOC=O. The molecular formula is C12H26N2O3S2. The Morgan fingerprint density at radius 2 is 1.47 bits per heavy atom. The Kier molecular flexibility index (Phi) is 14.5. The molecule has 0 aliphatic heterocycles. The fraction of sp³-hybridized carbons (Fsp3) is 0.917. The smallest absolute Gasteiger partial charge is 0.293 e. The Bertz CT molecular complexity index is 211. The van der Waals surface area contributed by atoms with E-state index in [-0.39, 0.29) is 0 Å². The number of carbonyl (C=O) groups excluding carboxylic acids is 1.